The highest BCUT2D eigenvalue weighted by molar-refractivity contribution is 7.98. The first-order valence-electron chi connectivity index (χ1n) is 9.14. The topological polar surface area (TPSA) is 44.1 Å². The van der Waals surface area contributed by atoms with Crippen LogP contribution in [0.4, 0.5) is 0 Å². The van der Waals surface area contributed by atoms with E-state index in [-0.39, 0.29) is 5.56 Å². The van der Waals surface area contributed by atoms with Gasteiger partial charge in [-0.3, -0.25) is 9.36 Å². The van der Waals surface area contributed by atoms with Gasteiger partial charge in [-0.2, -0.15) is 0 Å². The zero-order chi connectivity index (χ0) is 20.2. The van der Waals surface area contributed by atoms with Crippen molar-refractivity contribution in [1.82, 2.24) is 9.55 Å². The van der Waals surface area contributed by atoms with E-state index in [1.165, 1.54) is 0 Å². The summed E-state index contributed by atoms with van der Waals surface area (Å²) in [4.78, 5) is 18.0. The molecule has 29 heavy (non-hydrogen) atoms. The van der Waals surface area contributed by atoms with Crippen LogP contribution in [0.2, 0.25) is 5.02 Å². The van der Waals surface area contributed by atoms with E-state index in [4.69, 9.17) is 21.3 Å². The highest BCUT2D eigenvalue weighted by Gasteiger charge is 2.13. The van der Waals surface area contributed by atoms with Gasteiger partial charge >= 0.3 is 0 Å². The molecule has 0 atom stereocenters. The monoisotopic (exact) mass is 422 g/mol. The summed E-state index contributed by atoms with van der Waals surface area (Å²) < 4.78 is 6.94. The van der Waals surface area contributed by atoms with Gasteiger partial charge in [0.25, 0.3) is 5.56 Å². The number of methoxy groups -OCH3 is 1. The molecule has 0 unspecified atom stereocenters. The van der Waals surface area contributed by atoms with Crippen LogP contribution in [0.3, 0.4) is 0 Å². The Labute approximate surface area is 178 Å². The largest absolute Gasteiger partial charge is 0.497 e. The third-order valence-corrected chi connectivity index (χ3v) is 5.87. The second-order valence-electron chi connectivity index (χ2n) is 6.57. The van der Waals surface area contributed by atoms with Crippen molar-refractivity contribution in [2.75, 3.05) is 7.11 Å². The predicted molar refractivity (Wildman–Crippen MR) is 119 cm³/mol. The molecule has 6 heteroatoms. The van der Waals surface area contributed by atoms with E-state index in [2.05, 4.69) is 0 Å². The van der Waals surface area contributed by atoms with Crippen LogP contribution in [0.15, 0.2) is 82.7 Å². The molecule has 0 fully saturated rings. The van der Waals surface area contributed by atoms with E-state index in [9.17, 15) is 4.79 Å². The molecule has 0 saturated carbocycles. The van der Waals surface area contributed by atoms with Crippen molar-refractivity contribution in [2.45, 2.75) is 17.5 Å². The smallest absolute Gasteiger partial charge is 0.262 e. The van der Waals surface area contributed by atoms with Crippen LogP contribution in [-0.2, 0) is 12.3 Å². The number of halogens is 1. The summed E-state index contributed by atoms with van der Waals surface area (Å²) in [5.74, 6) is 1.52. The number of ether oxygens (including phenoxy) is 1. The number of aromatic nitrogens is 2. The fourth-order valence-electron chi connectivity index (χ4n) is 3.06. The maximum atomic E-state index is 13.2. The van der Waals surface area contributed by atoms with Crippen LogP contribution in [0.5, 0.6) is 5.75 Å². The fourth-order valence-corrected chi connectivity index (χ4v) is 4.18. The van der Waals surface area contributed by atoms with E-state index in [1.807, 2.05) is 54.6 Å². The zero-order valence-corrected chi connectivity index (χ0v) is 17.4. The molecule has 0 saturated heterocycles. The summed E-state index contributed by atoms with van der Waals surface area (Å²) in [6, 6.07) is 23.1. The molecule has 3 aromatic carbocycles. The van der Waals surface area contributed by atoms with Crippen molar-refractivity contribution in [1.29, 1.82) is 0 Å². The minimum Gasteiger partial charge on any atom is -0.497 e. The lowest BCUT2D eigenvalue weighted by molar-refractivity contribution is 0.414. The van der Waals surface area contributed by atoms with Crippen LogP contribution in [0.1, 0.15) is 11.1 Å². The summed E-state index contributed by atoms with van der Waals surface area (Å²) in [5.41, 5.74) is 2.75. The molecule has 0 aliphatic heterocycles. The van der Waals surface area contributed by atoms with Crippen molar-refractivity contribution in [3.05, 3.63) is 99.3 Å². The molecule has 4 rings (SSSR count). The molecular formula is C23H19ClN2O2S. The quantitative estimate of drug-likeness (QED) is 0.308. The Morgan fingerprint density at radius 1 is 1.00 bits per heavy atom. The lowest BCUT2D eigenvalue weighted by Crippen LogP contribution is -2.24. The lowest BCUT2D eigenvalue weighted by atomic mass is 10.2. The fraction of sp³-hybridized carbons (Fsp3) is 0.130. The van der Waals surface area contributed by atoms with Gasteiger partial charge in [-0.25, -0.2) is 4.98 Å². The van der Waals surface area contributed by atoms with Gasteiger partial charge in [-0.15, -0.1) is 0 Å². The Hall–Kier alpha value is -2.76. The number of benzene rings is 3. The van der Waals surface area contributed by atoms with Crippen molar-refractivity contribution >= 4 is 34.3 Å². The summed E-state index contributed by atoms with van der Waals surface area (Å²) in [7, 11) is 1.65. The summed E-state index contributed by atoms with van der Waals surface area (Å²) >= 11 is 7.66. The summed E-state index contributed by atoms with van der Waals surface area (Å²) in [6.45, 7) is 0.458. The standard InChI is InChI=1S/C23H19ClN2O2S/c1-28-19-10-7-17(8-11-19)15-29-23-25-21-12-9-18(24)13-20(21)22(27)26(23)14-16-5-3-2-4-6-16/h2-13H,14-15H2,1H3. The molecule has 0 amide bonds. The first kappa shape index (κ1) is 19.6. The minimum atomic E-state index is -0.0846. The van der Waals surface area contributed by atoms with E-state index in [0.717, 1.165) is 16.9 Å². The molecule has 0 N–H and O–H groups in total. The van der Waals surface area contributed by atoms with Gasteiger partial charge in [-0.1, -0.05) is 65.8 Å². The first-order valence-corrected chi connectivity index (χ1v) is 10.5. The average molecular weight is 423 g/mol. The maximum absolute atomic E-state index is 13.2. The number of fused-ring (bicyclic) bond motifs is 1. The molecule has 0 spiro atoms. The highest BCUT2D eigenvalue weighted by Crippen LogP contribution is 2.25. The number of nitrogens with zero attached hydrogens (tertiary/aromatic N) is 2. The normalized spacial score (nSPS) is 11.0. The lowest BCUT2D eigenvalue weighted by Gasteiger charge is -2.13. The van der Waals surface area contributed by atoms with Crippen LogP contribution in [0, 0.1) is 0 Å². The Morgan fingerprint density at radius 2 is 1.76 bits per heavy atom. The Morgan fingerprint density at radius 3 is 2.48 bits per heavy atom. The van der Waals surface area contributed by atoms with Gasteiger partial charge in [0, 0.05) is 10.8 Å². The number of thioether (sulfide) groups is 1. The van der Waals surface area contributed by atoms with E-state index in [0.29, 0.717) is 33.4 Å². The Kier molecular flexibility index (Phi) is 5.88. The summed E-state index contributed by atoms with van der Waals surface area (Å²) in [5, 5.41) is 1.74. The second-order valence-corrected chi connectivity index (χ2v) is 7.95. The molecule has 1 aromatic heterocycles. The minimum absolute atomic E-state index is 0.0846. The van der Waals surface area contributed by atoms with Gasteiger partial charge in [0.05, 0.1) is 24.6 Å². The van der Waals surface area contributed by atoms with Crippen LogP contribution in [-0.4, -0.2) is 16.7 Å². The molecule has 4 aromatic rings. The van der Waals surface area contributed by atoms with Crippen molar-refractivity contribution in [3.8, 4) is 5.75 Å². The number of rotatable bonds is 6. The van der Waals surface area contributed by atoms with Gasteiger partial charge in [-0.05, 0) is 41.5 Å². The second kappa shape index (κ2) is 8.72. The zero-order valence-electron chi connectivity index (χ0n) is 15.8. The van der Waals surface area contributed by atoms with E-state index >= 15 is 0 Å². The molecule has 0 radical (unpaired) electrons. The Bertz CT molecular complexity index is 1190. The highest BCUT2D eigenvalue weighted by atomic mass is 35.5. The first-order chi connectivity index (χ1) is 14.1. The predicted octanol–water partition coefficient (Wildman–Crippen LogP) is 5.40. The molecule has 146 valence electrons. The van der Waals surface area contributed by atoms with Gasteiger partial charge in [0.15, 0.2) is 5.16 Å². The van der Waals surface area contributed by atoms with E-state index in [1.54, 1.807) is 41.6 Å². The maximum Gasteiger partial charge on any atom is 0.262 e. The average Bonchev–Trinajstić information content (AvgIpc) is 2.76. The molecule has 0 aliphatic rings. The van der Waals surface area contributed by atoms with Gasteiger partial charge in [0.2, 0.25) is 0 Å². The van der Waals surface area contributed by atoms with Crippen LogP contribution in [0.25, 0.3) is 10.9 Å². The van der Waals surface area contributed by atoms with E-state index < -0.39 is 0 Å². The van der Waals surface area contributed by atoms with Crippen molar-refractivity contribution in [3.63, 3.8) is 0 Å². The molecule has 0 bridgehead atoms. The SMILES string of the molecule is COc1ccc(CSc2nc3ccc(Cl)cc3c(=O)n2Cc2ccccc2)cc1. The molecular weight excluding hydrogens is 404 g/mol. The summed E-state index contributed by atoms with van der Waals surface area (Å²) in [6.07, 6.45) is 0. The number of hydrogen-bond acceptors (Lipinski definition) is 4. The van der Waals surface area contributed by atoms with Crippen LogP contribution < -0.4 is 10.3 Å². The van der Waals surface area contributed by atoms with Gasteiger partial charge in [0.1, 0.15) is 5.75 Å². The van der Waals surface area contributed by atoms with Crippen molar-refractivity contribution < 1.29 is 4.74 Å². The number of hydrogen-bond donors (Lipinski definition) is 0. The van der Waals surface area contributed by atoms with Crippen LogP contribution >= 0.6 is 23.4 Å². The molecule has 1 heterocycles. The third-order valence-electron chi connectivity index (χ3n) is 4.59. The molecule has 4 nitrogen and oxygen atoms in total. The molecule has 0 aliphatic carbocycles. The Balaban J connectivity index is 1.72. The van der Waals surface area contributed by atoms with Crippen molar-refractivity contribution in [2.24, 2.45) is 0 Å². The van der Waals surface area contributed by atoms with Gasteiger partial charge < -0.3 is 4.74 Å². The third kappa shape index (κ3) is 4.47.